The molecule has 0 aliphatic carbocycles. The molecule has 0 aliphatic heterocycles. The van der Waals surface area contributed by atoms with Gasteiger partial charge in [0.25, 0.3) is 15.9 Å². The number of anilines is 1. The lowest BCUT2D eigenvalue weighted by Gasteiger charge is -2.19. The molecule has 2 rings (SSSR count). The lowest BCUT2D eigenvalue weighted by Crippen LogP contribution is -2.30. The number of nitrogens with one attached hydrogen (secondary N) is 1. The van der Waals surface area contributed by atoms with Gasteiger partial charge in [-0.25, -0.2) is 8.42 Å². The van der Waals surface area contributed by atoms with Crippen LogP contribution < -0.4 is 4.72 Å². The maximum Gasteiger partial charge on any atom is 0.261 e. The van der Waals surface area contributed by atoms with Crippen LogP contribution in [0.3, 0.4) is 0 Å². The summed E-state index contributed by atoms with van der Waals surface area (Å²) in [6.45, 7) is 6.66. The molecule has 0 fully saturated rings. The molecule has 0 radical (unpaired) electrons. The van der Waals surface area contributed by atoms with E-state index in [1.165, 1.54) is 12.1 Å². The predicted octanol–water partition coefficient (Wildman–Crippen LogP) is 3.52. The molecule has 0 spiro atoms. The Balaban J connectivity index is 2.15. The molecule has 5 nitrogen and oxygen atoms in total. The van der Waals surface area contributed by atoms with Gasteiger partial charge in [-0.2, -0.15) is 0 Å². The Morgan fingerprint density at radius 2 is 1.60 bits per heavy atom. The second-order valence-electron chi connectivity index (χ2n) is 6.58. The molecule has 2 aromatic rings. The van der Waals surface area contributed by atoms with Crippen molar-refractivity contribution in [1.82, 2.24) is 4.90 Å². The van der Waals surface area contributed by atoms with E-state index in [-0.39, 0.29) is 10.8 Å². The van der Waals surface area contributed by atoms with Gasteiger partial charge in [0.1, 0.15) is 0 Å². The fourth-order valence-corrected chi connectivity index (χ4v) is 3.52. The molecule has 6 heteroatoms. The van der Waals surface area contributed by atoms with Gasteiger partial charge in [0.15, 0.2) is 0 Å². The second-order valence-corrected chi connectivity index (χ2v) is 8.26. The zero-order chi connectivity index (χ0) is 18.6. The minimum absolute atomic E-state index is 0.121. The molecule has 0 heterocycles. The third-order valence-corrected chi connectivity index (χ3v) is 5.10. The number of carbonyl (C=O) groups is 1. The minimum Gasteiger partial charge on any atom is -0.341 e. The van der Waals surface area contributed by atoms with Crippen molar-refractivity contribution in [1.29, 1.82) is 0 Å². The number of amides is 1. The summed E-state index contributed by atoms with van der Waals surface area (Å²) in [6, 6.07) is 13.1. The number of aryl methyl sites for hydroxylation is 1. The molecular weight excluding hydrogens is 336 g/mol. The average Bonchev–Trinajstić information content (AvgIpc) is 2.55. The Hall–Kier alpha value is -2.34. The van der Waals surface area contributed by atoms with E-state index in [0.29, 0.717) is 23.7 Å². The highest BCUT2D eigenvalue weighted by molar-refractivity contribution is 7.92. The highest BCUT2D eigenvalue weighted by Gasteiger charge is 2.17. The fraction of sp³-hybridized carbons (Fsp3) is 0.316. The van der Waals surface area contributed by atoms with Gasteiger partial charge in [-0.3, -0.25) is 9.52 Å². The molecule has 0 aliphatic rings. The number of rotatable bonds is 6. The van der Waals surface area contributed by atoms with E-state index < -0.39 is 10.0 Å². The van der Waals surface area contributed by atoms with E-state index in [2.05, 4.69) is 4.72 Å². The molecule has 0 bridgehead atoms. The van der Waals surface area contributed by atoms with E-state index in [4.69, 9.17) is 0 Å². The number of hydrogen-bond donors (Lipinski definition) is 1. The van der Waals surface area contributed by atoms with Crippen molar-refractivity contribution >= 4 is 21.6 Å². The lowest BCUT2D eigenvalue weighted by atomic mass is 10.1. The summed E-state index contributed by atoms with van der Waals surface area (Å²) in [5.74, 6) is 0.247. The smallest absolute Gasteiger partial charge is 0.261 e. The molecule has 2 aromatic carbocycles. The van der Waals surface area contributed by atoms with E-state index in [1.54, 1.807) is 36.2 Å². The standard InChI is InChI=1S/C19H24N2O3S/c1-14(2)13-21(4)19(22)16-7-11-18(12-8-16)25(23,24)20-17-9-5-15(3)6-10-17/h5-12,14,20H,13H2,1-4H3. The summed E-state index contributed by atoms with van der Waals surface area (Å²) in [6.07, 6.45) is 0. The zero-order valence-electron chi connectivity index (χ0n) is 15.0. The molecule has 134 valence electrons. The van der Waals surface area contributed by atoms with E-state index >= 15 is 0 Å². The van der Waals surface area contributed by atoms with Crippen molar-refractivity contribution in [2.75, 3.05) is 18.3 Å². The largest absolute Gasteiger partial charge is 0.341 e. The van der Waals surface area contributed by atoms with Crippen LogP contribution in [0.4, 0.5) is 5.69 Å². The maximum absolute atomic E-state index is 12.4. The zero-order valence-corrected chi connectivity index (χ0v) is 15.8. The summed E-state index contributed by atoms with van der Waals surface area (Å²) in [7, 11) is -1.94. The van der Waals surface area contributed by atoms with Crippen LogP contribution in [-0.4, -0.2) is 32.8 Å². The first kappa shape index (κ1) is 19.0. The summed E-state index contributed by atoms with van der Waals surface area (Å²) < 4.78 is 27.4. The average molecular weight is 360 g/mol. The Labute approximate surface area is 149 Å². The second kappa shape index (κ2) is 7.70. The third kappa shape index (κ3) is 5.06. The van der Waals surface area contributed by atoms with Crippen LogP contribution in [0.25, 0.3) is 0 Å². The van der Waals surface area contributed by atoms with Gasteiger partial charge in [0.05, 0.1) is 4.90 Å². The van der Waals surface area contributed by atoms with Crippen LogP contribution in [0.5, 0.6) is 0 Å². The van der Waals surface area contributed by atoms with Gasteiger partial charge in [0, 0.05) is 24.8 Å². The molecule has 0 atom stereocenters. The number of carbonyl (C=O) groups excluding carboxylic acids is 1. The Morgan fingerprint density at radius 1 is 1.04 bits per heavy atom. The minimum atomic E-state index is -3.68. The highest BCUT2D eigenvalue weighted by Crippen LogP contribution is 2.18. The Bertz CT molecular complexity index is 826. The van der Waals surface area contributed by atoms with Crippen LogP contribution >= 0.6 is 0 Å². The number of benzene rings is 2. The first-order valence-corrected chi connectivity index (χ1v) is 9.62. The number of nitrogens with zero attached hydrogens (tertiary/aromatic N) is 1. The van der Waals surface area contributed by atoms with Crippen molar-refractivity contribution in [3.05, 3.63) is 59.7 Å². The fourth-order valence-electron chi connectivity index (χ4n) is 2.46. The van der Waals surface area contributed by atoms with Crippen LogP contribution in [0.2, 0.25) is 0 Å². The molecule has 0 aromatic heterocycles. The molecule has 1 amide bonds. The van der Waals surface area contributed by atoms with Crippen molar-refractivity contribution < 1.29 is 13.2 Å². The van der Waals surface area contributed by atoms with Gasteiger partial charge in [0.2, 0.25) is 0 Å². The van der Waals surface area contributed by atoms with Gasteiger partial charge in [-0.1, -0.05) is 31.5 Å². The number of hydrogen-bond acceptors (Lipinski definition) is 3. The molecular formula is C19H24N2O3S. The van der Waals surface area contributed by atoms with Gasteiger partial charge in [-0.05, 0) is 49.2 Å². The normalized spacial score (nSPS) is 11.4. The van der Waals surface area contributed by atoms with Crippen molar-refractivity contribution in [3.8, 4) is 0 Å². The topological polar surface area (TPSA) is 66.5 Å². The monoisotopic (exact) mass is 360 g/mol. The Morgan fingerprint density at radius 3 is 2.12 bits per heavy atom. The molecule has 0 saturated heterocycles. The summed E-state index contributed by atoms with van der Waals surface area (Å²) >= 11 is 0. The first-order chi connectivity index (χ1) is 11.7. The molecule has 0 saturated carbocycles. The van der Waals surface area contributed by atoms with E-state index in [9.17, 15) is 13.2 Å². The highest BCUT2D eigenvalue weighted by atomic mass is 32.2. The van der Waals surface area contributed by atoms with Crippen molar-refractivity contribution in [2.45, 2.75) is 25.7 Å². The van der Waals surface area contributed by atoms with Gasteiger partial charge in [-0.15, -0.1) is 0 Å². The van der Waals surface area contributed by atoms with E-state index in [0.717, 1.165) is 5.56 Å². The molecule has 1 N–H and O–H groups in total. The van der Waals surface area contributed by atoms with Crippen LogP contribution in [0, 0.1) is 12.8 Å². The van der Waals surface area contributed by atoms with E-state index in [1.807, 2.05) is 32.9 Å². The number of sulfonamides is 1. The quantitative estimate of drug-likeness (QED) is 0.857. The molecule has 0 unspecified atom stereocenters. The van der Waals surface area contributed by atoms with Crippen LogP contribution in [0.1, 0.15) is 29.8 Å². The summed E-state index contributed by atoms with van der Waals surface area (Å²) in [5.41, 5.74) is 2.02. The predicted molar refractivity (Wildman–Crippen MR) is 100 cm³/mol. The SMILES string of the molecule is Cc1ccc(NS(=O)(=O)c2ccc(C(=O)N(C)CC(C)C)cc2)cc1. The van der Waals surface area contributed by atoms with Crippen molar-refractivity contribution in [2.24, 2.45) is 5.92 Å². The van der Waals surface area contributed by atoms with Crippen LogP contribution in [0.15, 0.2) is 53.4 Å². The third-order valence-electron chi connectivity index (χ3n) is 3.70. The summed E-state index contributed by atoms with van der Waals surface area (Å²) in [4.78, 5) is 14.1. The van der Waals surface area contributed by atoms with Gasteiger partial charge < -0.3 is 4.90 Å². The Kier molecular flexibility index (Phi) is 5.85. The molecule has 25 heavy (non-hydrogen) atoms. The summed E-state index contributed by atoms with van der Waals surface area (Å²) in [5, 5.41) is 0. The van der Waals surface area contributed by atoms with Crippen molar-refractivity contribution in [3.63, 3.8) is 0 Å². The first-order valence-electron chi connectivity index (χ1n) is 8.14. The maximum atomic E-state index is 12.4. The van der Waals surface area contributed by atoms with Gasteiger partial charge >= 0.3 is 0 Å². The van der Waals surface area contributed by atoms with Crippen LogP contribution in [-0.2, 0) is 10.0 Å². The lowest BCUT2D eigenvalue weighted by molar-refractivity contribution is 0.0779.